The summed E-state index contributed by atoms with van der Waals surface area (Å²) in [5, 5.41) is 0. The molecule has 0 aliphatic heterocycles. The number of rotatable bonds is 10. The SMILES string of the molecule is CSc1ccc(-c2cc(CCN)c(-c3ccc(-c4sc(-c5ccc(SC)cc5)cc4CCN)s3)s2)cc1. The maximum Gasteiger partial charge on any atom is 0.0481 e. The van der Waals surface area contributed by atoms with Gasteiger partial charge in [-0.2, -0.15) is 0 Å². The Morgan fingerprint density at radius 3 is 1.30 bits per heavy atom. The fourth-order valence-electron chi connectivity index (χ4n) is 4.33. The first kappa shape index (κ1) is 26.8. The standard InChI is InChI=1S/C30H30N2S5/c1-33-23-7-3-19(4-8-23)27-17-21(13-15-31)29(36-27)25-11-12-26(35-25)30-22(14-16-32)18-28(37-30)20-5-9-24(34-2)10-6-20/h3-12,17-18H,13-16,31-32H2,1-2H3. The molecule has 190 valence electrons. The highest BCUT2D eigenvalue weighted by molar-refractivity contribution is 7.98. The van der Waals surface area contributed by atoms with E-state index in [1.54, 1.807) is 23.5 Å². The zero-order valence-corrected chi connectivity index (χ0v) is 25.0. The number of thiophene rings is 3. The fourth-order valence-corrected chi connectivity index (χ4v) is 8.88. The van der Waals surface area contributed by atoms with Gasteiger partial charge in [0.05, 0.1) is 0 Å². The Kier molecular flexibility index (Phi) is 8.93. The van der Waals surface area contributed by atoms with Crippen molar-refractivity contribution < 1.29 is 0 Å². The van der Waals surface area contributed by atoms with Crippen LogP contribution >= 0.6 is 57.5 Å². The first-order valence-corrected chi connectivity index (χ1v) is 17.1. The minimum atomic E-state index is 0.650. The number of hydrogen-bond donors (Lipinski definition) is 2. The molecule has 0 radical (unpaired) electrons. The predicted molar refractivity (Wildman–Crippen MR) is 171 cm³/mol. The summed E-state index contributed by atoms with van der Waals surface area (Å²) in [6, 6.07) is 27.0. The van der Waals surface area contributed by atoms with E-state index >= 15 is 0 Å². The van der Waals surface area contributed by atoms with Gasteiger partial charge in [0.15, 0.2) is 0 Å². The Labute approximate surface area is 240 Å². The smallest absolute Gasteiger partial charge is 0.0481 e. The van der Waals surface area contributed by atoms with Crippen molar-refractivity contribution in [2.24, 2.45) is 11.5 Å². The normalized spacial score (nSPS) is 11.4. The molecule has 5 rings (SSSR count). The Morgan fingerprint density at radius 2 is 0.946 bits per heavy atom. The van der Waals surface area contributed by atoms with Crippen molar-refractivity contribution in [3.05, 3.63) is 83.9 Å². The van der Waals surface area contributed by atoms with Gasteiger partial charge in [0.1, 0.15) is 0 Å². The van der Waals surface area contributed by atoms with Gasteiger partial charge in [-0.3, -0.25) is 0 Å². The van der Waals surface area contributed by atoms with Gasteiger partial charge in [-0.05, 0) is 109 Å². The van der Waals surface area contributed by atoms with E-state index in [1.807, 2.05) is 34.0 Å². The van der Waals surface area contributed by atoms with E-state index in [1.165, 1.54) is 61.3 Å². The maximum atomic E-state index is 6.01. The van der Waals surface area contributed by atoms with Crippen molar-refractivity contribution in [3.8, 4) is 40.4 Å². The molecule has 0 saturated heterocycles. The van der Waals surface area contributed by atoms with Crippen molar-refractivity contribution >= 4 is 57.5 Å². The molecule has 0 spiro atoms. The number of benzene rings is 2. The molecule has 5 aromatic rings. The molecule has 2 aromatic carbocycles. The molecule has 3 aromatic heterocycles. The van der Waals surface area contributed by atoms with Gasteiger partial charge in [-0.1, -0.05) is 24.3 Å². The predicted octanol–water partition coefficient (Wildman–Crippen LogP) is 8.99. The van der Waals surface area contributed by atoms with Gasteiger partial charge in [-0.15, -0.1) is 57.5 Å². The number of hydrogen-bond acceptors (Lipinski definition) is 7. The zero-order valence-electron chi connectivity index (χ0n) is 21.0. The van der Waals surface area contributed by atoms with E-state index in [9.17, 15) is 0 Å². The lowest BCUT2D eigenvalue weighted by atomic mass is 10.1. The lowest BCUT2D eigenvalue weighted by Crippen LogP contribution is -2.02. The summed E-state index contributed by atoms with van der Waals surface area (Å²) in [6.45, 7) is 1.30. The average Bonchev–Trinajstić information content (AvgIpc) is 3.68. The fraction of sp³-hybridized carbons (Fsp3) is 0.200. The molecular formula is C30H30N2S5. The van der Waals surface area contributed by atoms with Crippen LogP contribution in [-0.4, -0.2) is 25.6 Å². The highest BCUT2D eigenvalue weighted by Gasteiger charge is 2.18. The topological polar surface area (TPSA) is 52.0 Å². The monoisotopic (exact) mass is 578 g/mol. The Morgan fingerprint density at radius 1 is 0.541 bits per heavy atom. The number of nitrogens with two attached hydrogens (primary N) is 2. The lowest BCUT2D eigenvalue weighted by molar-refractivity contribution is 0.976. The lowest BCUT2D eigenvalue weighted by Gasteiger charge is -2.00. The van der Waals surface area contributed by atoms with Crippen molar-refractivity contribution in [1.29, 1.82) is 0 Å². The van der Waals surface area contributed by atoms with E-state index < -0.39 is 0 Å². The highest BCUT2D eigenvalue weighted by Crippen LogP contribution is 2.46. The minimum Gasteiger partial charge on any atom is -0.330 e. The van der Waals surface area contributed by atoms with E-state index in [0.29, 0.717) is 13.1 Å². The van der Waals surface area contributed by atoms with E-state index in [-0.39, 0.29) is 0 Å². The van der Waals surface area contributed by atoms with Gasteiger partial charge in [0.25, 0.3) is 0 Å². The van der Waals surface area contributed by atoms with Crippen LogP contribution in [0.1, 0.15) is 11.1 Å². The molecule has 2 nitrogen and oxygen atoms in total. The Bertz CT molecular complexity index is 1350. The quantitative estimate of drug-likeness (QED) is 0.162. The van der Waals surface area contributed by atoms with Crippen LogP contribution in [0, 0.1) is 0 Å². The van der Waals surface area contributed by atoms with Gasteiger partial charge < -0.3 is 11.5 Å². The first-order chi connectivity index (χ1) is 18.1. The highest BCUT2D eigenvalue weighted by atomic mass is 32.2. The summed E-state index contributed by atoms with van der Waals surface area (Å²) in [6.07, 6.45) is 6.00. The maximum absolute atomic E-state index is 6.01. The minimum absolute atomic E-state index is 0.650. The van der Waals surface area contributed by atoms with Crippen LogP contribution in [0.25, 0.3) is 40.4 Å². The Balaban J connectivity index is 1.50. The molecule has 7 heteroatoms. The van der Waals surface area contributed by atoms with E-state index in [0.717, 1.165) is 12.8 Å². The van der Waals surface area contributed by atoms with Crippen LogP contribution in [0.2, 0.25) is 0 Å². The molecule has 0 bridgehead atoms. The molecular weight excluding hydrogens is 549 g/mol. The second-order valence-electron chi connectivity index (χ2n) is 8.63. The molecule has 0 aliphatic carbocycles. The summed E-state index contributed by atoms with van der Waals surface area (Å²) in [7, 11) is 0. The summed E-state index contributed by atoms with van der Waals surface area (Å²) in [5.41, 5.74) is 17.2. The van der Waals surface area contributed by atoms with Crippen LogP contribution < -0.4 is 11.5 Å². The molecule has 0 amide bonds. The molecule has 0 unspecified atom stereocenters. The molecule has 3 heterocycles. The second kappa shape index (κ2) is 12.3. The van der Waals surface area contributed by atoms with Gasteiger partial charge in [-0.25, -0.2) is 0 Å². The number of thioether (sulfide) groups is 2. The Hall–Kier alpha value is -1.84. The van der Waals surface area contributed by atoms with Crippen molar-refractivity contribution in [1.82, 2.24) is 0 Å². The first-order valence-electron chi connectivity index (χ1n) is 12.2. The van der Waals surface area contributed by atoms with Crippen molar-refractivity contribution in [2.45, 2.75) is 22.6 Å². The van der Waals surface area contributed by atoms with Gasteiger partial charge >= 0.3 is 0 Å². The van der Waals surface area contributed by atoms with Crippen LogP contribution in [0.5, 0.6) is 0 Å². The molecule has 37 heavy (non-hydrogen) atoms. The van der Waals surface area contributed by atoms with Crippen LogP contribution in [-0.2, 0) is 12.8 Å². The summed E-state index contributed by atoms with van der Waals surface area (Å²) in [4.78, 5) is 10.5. The third-order valence-electron chi connectivity index (χ3n) is 6.25. The molecule has 0 saturated carbocycles. The second-order valence-corrected chi connectivity index (χ2v) is 13.6. The van der Waals surface area contributed by atoms with Crippen LogP contribution in [0.3, 0.4) is 0 Å². The summed E-state index contributed by atoms with van der Waals surface area (Å²) in [5.74, 6) is 0. The van der Waals surface area contributed by atoms with Gasteiger partial charge in [0.2, 0.25) is 0 Å². The van der Waals surface area contributed by atoms with Gasteiger partial charge in [0, 0.05) is 39.1 Å². The molecule has 4 N–H and O–H groups in total. The van der Waals surface area contributed by atoms with Crippen LogP contribution in [0.4, 0.5) is 0 Å². The zero-order chi connectivity index (χ0) is 25.8. The van der Waals surface area contributed by atoms with Crippen molar-refractivity contribution in [2.75, 3.05) is 25.6 Å². The van der Waals surface area contributed by atoms with E-state index in [4.69, 9.17) is 11.5 Å². The average molecular weight is 579 g/mol. The largest absolute Gasteiger partial charge is 0.330 e. The third-order valence-corrected chi connectivity index (χ3v) is 11.6. The van der Waals surface area contributed by atoms with Crippen LogP contribution in [0.15, 0.2) is 82.6 Å². The summed E-state index contributed by atoms with van der Waals surface area (Å²) >= 11 is 9.18. The third kappa shape index (κ3) is 5.93. The van der Waals surface area contributed by atoms with Crippen molar-refractivity contribution in [3.63, 3.8) is 0 Å². The summed E-state index contributed by atoms with van der Waals surface area (Å²) < 4.78 is 0. The van der Waals surface area contributed by atoms with E-state index in [2.05, 4.69) is 85.3 Å². The molecule has 0 fully saturated rings. The molecule has 0 aliphatic rings. The molecule has 0 atom stereocenters.